The van der Waals surface area contributed by atoms with Gasteiger partial charge in [-0.15, -0.1) is 0 Å². The van der Waals surface area contributed by atoms with Crippen LogP contribution in [0.1, 0.15) is 12.8 Å². The summed E-state index contributed by atoms with van der Waals surface area (Å²) in [7, 11) is 3.21. The fourth-order valence-electron chi connectivity index (χ4n) is 2.20. The Balaban J connectivity index is 2.29. The Hall–Kier alpha value is -1.75. The van der Waals surface area contributed by atoms with E-state index in [2.05, 4.69) is 5.32 Å². The van der Waals surface area contributed by atoms with Crippen LogP contribution >= 0.6 is 0 Å². The highest BCUT2D eigenvalue weighted by molar-refractivity contribution is 5.95. The summed E-state index contributed by atoms with van der Waals surface area (Å²) in [5, 5.41) is 3.31. The topological polar surface area (TPSA) is 50.8 Å². The van der Waals surface area contributed by atoms with Crippen molar-refractivity contribution in [3.8, 4) is 11.5 Å². The molecule has 0 saturated carbocycles. The summed E-state index contributed by atoms with van der Waals surface area (Å²) in [5.41, 5.74) is 0.803. The van der Waals surface area contributed by atoms with E-state index in [0.717, 1.165) is 30.9 Å². The lowest BCUT2D eigenvalue weighted by molar-refractivity contribution is -0.118. The lowest BCUT2D eigenvalue weighted by Crippen LogP contribution is -2.40. The van der Waals surface area contributed by atoms with Crippen LogP contribution in [0.2, 0.25) is 0 Å². The van der Waals surface area contributed by atoms with Crippen LogP contribution in [0, 0.1) is 0 Å². The number of carbonyl (C=O) groups excluding carboxylic acids is 1. The van der Waals surface area contributed by atoms with Crippen LogP contribution in [0.15, 0.2) is 18.2 Å². The molecule has 104 valence electrons. The summed E-state index contributed by atoms with van der Waals surface area (Å²) in [5.74, 6) is 1.52. The van der Waals surface area contributed by atoms with Crippen LogP contribution < -0.4 is 19.7 Å². The molecule has 5 nitrogen and oxygen atoms in total. The first-order valence-corrected chi connectivity index (χ1v) is 6.49. The van der Waals surface area contributed by atoms with Crippen LogP contribution in [-0.2, 0) is 4.79 Å². The summed E-state index contributed by atoms with van der Waals surface area (Å²) in [6.45, 7) is 2.35. The number of benzene rings is 1. The van der Waals surface area contributed by atoms with Crippen LogP contribution in [0.4, 0.5) is 5.69 Å². The van der Waals surface area contributed by atoms with E-state index in [1.54, 1.807) is 25.2 Å². The average molecular weight is 264 g/mol. The van der Waals surface area contributed by atoms with Gasteiger partial charge >= 0.3 is 0 Å². The molecule has 5 heteroatoms. The molecule has 0 unspecified atom stereocenters. The molecule has 0 aliphatic carbocycles. The second-order valence-electron chi connectivity index (χ2n) is 4.44. The maximum Gasteiger partial charge on any atom is 0.227 e. The van der Waals surface area contributed by atoms with Crippen molar-refractivity contribution in [1.82, 2.24) is 5.32 Å². The number of rotatable bonds is 3. The Morgan fingerprint density at radius 2 is 2.05 bits per heavy atom. The van der Waals surface area contributed by atoms with Gasteiger partial charge < -0.3 is 19.7 Å². The Labute approximate surface area is 113 Å². The first-order chi connectivity index (χ1) is 9.26. The van der Waals surface area contributed by atoms with Crippen molar-refractivity contribution < 1.29 is 14.3 Å². The van der Waals surface area contributed by atoms with E-state index < -0.39 is 0 Å². The Morgan fingerprint density at radius 1 is 1.21 bits per heavy atom. The molecule has 1 aromatic carbocycles. The normalized spacial score (nSPS) is 16.7. The third-order valence-electron chi connectivity index (χ3n) is 3.24. The third kappa shape index (κ3) is 3.17. The molecule has 19 heavy (non-hydrogen) atoms. The molecule has 1 heterocycles. The minimum atomic E-state index is 0.143. The summed E-state index contributed by atoms with van der Waals surface area (Å²) in [6, 6.07) is 5.52. The SMILES string of the molecule is COc1ccc(N2CCNCCCC2=O)c(OC)c1. The first-order valence-electron chi connectivity index (χ1n) is 6.49. The molecule has 1 aromatic rings. The van der Waals surface area contributed by atoms with Gasteiger partial charge in [-0.25, -0.2) is 0 Å². The van der Waals surface area contributed by atoms with Crippen LogP contribution in [-0.4, -0.2) is 39.8 Å². The summed E-state index contributed by atoms with van der Waals surface area (Å²) in [4.78, 5) is 14.0. The van der Waals surface area contributed by atoms with Gasteiger partial charge in [0.15, 0.2) is 0 Å². The number of hydrogen-bond donors (Lipinski definition) is 1. The molecule has 0 bridgehead atoms. The van der Waals surface area contributed by atoms with Crippen molar-refractivity contribution in [2.24, 2.45) is 0 Å². The van der Waals surface area contributed by atoms with E-state index in [-0.39, 0.29) is 5.91 Å². The van der Waals surface area contributed by atoms with Crippen molar-refractivity contribution in [3.05, 3.63) is 18.2 Å². The second kappa shape index (κ2) is 6.43. The molecule has 1 fully saturated rings. The van der Waals surface area contributed by atoms with Gasteiger partial charge in [-0.05, 0) is 25.1 Å². The van der Waals surface area contributed by atoms with Gasteiger partial charge in [0.25, 0.3) is 0 Å². The van der Waals surface area contributed by atoms with Crippen molar-refractivity contribution >= 4 is 11.6 Å². The lowest BCUT2D eigenvalue weighted by atomic mass is 10.2. The molecule has 0 radical (unpaired) electrons. The number of carbonyl (C=O) groups is 1. The predicted octanol–water partition coefficient (Wildman–Crippen LogP) is 1.42. The zero-order valence-corrected chi connectivity index (χ0v) is 11.4. The van der Waals surface area contributed by atoms with Crippen LogP contribution in [0.3, 0.4) is 0 Å². The van der Waals surface area contributed by atoms with E-state index >= 15 is 0 Å². The van der Waals surface area contributed by atoms with Crippen molar-refractivity contribution in [3.63, 3.8) is 0 Å². The quantitative estimate of drug-likeness (QED) is 0.897. The van der Waals surface area contributed by atoms with E-state index in [9.17, 15) is 4.79 Å². The monoisotopic (exact) mass is 264 g/mol. The number of nitrogens with zero attached hydrogens (tertiary/aromatic N) is 1. The van der Waals surface area contributed by atoms with Gasteiger partial charge in [-0.1, -0.05) is 0 Å². The summed E-state index contributed by atoms with van der Waals surface area (Å²) in [6.07, 6.45) is 1.43. The maximum atomic E-state index is 12.2. The highest BCUT2D eigenvalue weighted by Crippen LogP contribution is 2.32. The zero-order chi connectivity index (χ0) is 13.7. The van der Waals surface area contributed by atoms with Crippen molar-refractivity contribution in [2.75, 3.05) is 38.8 Å². The van der Waals surface area contributed by atoms with Gasteiger partial charge in [-0.2, -0.15) is 0 Å². The second-order valence-corrected chi connectivity index (χ2v) is 4.44. The Morgan fingerprint density at radius 3 is 2.79 bits per heavy atom. The summed E-state index contributed by atoms with van der Waals surface area (Å²) < 4.78 is 10.5. The standard InChI is InChI=1S/C14H20N2O3/c1-18-11-5-6-12(13(10-11)19-2)16-9-8-15-7-3-4-14(16)17/h5-6,10,15H,3-4,7-9H2,1-2H3. The minimum absolute atomic E-state index is 0.143. The minimum Gasteiger partial charge on any atom is -0.497 e. The van der Waals surface area contributed by atoms with E-state index in [4.69, 9.17) is 9.47 Å². The van der Waals surface area contributed by atoms with Gasteiger partial charge in [0.05, 0.1) is 19.9 Å². The van der Waals surface area contributed by atoms with Crippen LogP contribution in [0.5, 0.6) is 11.5 Å². The highest BCUT2D eigenvalue weighted by Gasteiger charge is 2.20. The van der Waals surface area contributed by atoms with E-state index in [1.807, 2.05) is 12.1 Å². The zero-order valence-electron chi connectivity index (χ0n) is 11.4. The molecule has 0 atom stereocenters. The predicted molar refractivity (Wildman–Crippen MR) is 74.0 cm³/mol. The largest absolute Gasteiger partial charge is 0.497 e. The highest BCUT2D eigenvalue weighted by atomic mass is 16.5. The Bertz CT molecular complexity index is 448. The maximum absolute atomic E-state index is 12.2. The fraction of sp³-hybridized carbons (Fsp3) is 0.500. The molecule has 1 aliphatic heterocycles. The Kier molecular flexibility index (Phi) is 4.63. The number of amides is 1. The number of methoxy groups -OCH3 is 2. The fourth-order valence-corrected chi connectivity index (χ4v) is 2.20. The average Bonchev–Trinajstić information content (AvgIpc) is 2.43. The summed E-state index contributed by atoms with van der Waals surface area (Å²) >= 11 is 0. The van der Waals surface area contributed by atoms with Crippen LogP contribution in [0.25, 0.3) is 0 Å². The van der Waals surface area contributed by atoms with E-state index in [1.165, 1.54) is 0 Å². The van der Waals surface area contributed by atoms with E-state index in [0.29, 0.717) is 18.7 Å². The number of hydrogen-bond acceptors (Lipinski definition) is 4. The van der Waals surface area contributed by atoms with Gasteiger partial charge in [0.1, 0.15) is 11.5 Å². The molecule has 0 aromatic heterocycles. The van der Waals surface area contributed by atoms with Gasteiger partial charge in [-0.3, -0.25) is 4.79 Å². The van der Waals surface area contributed by atoms with Crippen molar-refractivity contribution in [1.29, 1.82) is 0 Å². The lowest BCUT2D eigenvalue weighted by Gasteiger charge is -2.27. The third-order valence-corrected chi connectivity index (χ3v) is 3.24. The first kappa shape index (κ1) is 13.7. The van der Waals surface area contributed by atoms with Gasteiger partial charge in [0, 0.05) is 25.6 Å². The molecule has 1 aliphatic rings. The van der Waals surface area contributed by atoms with Gasteiger partial charge in [0.2, 0.25) is 5.91 Å². The molecule has 1 N–H and O–H groups in total. The number of anilines is 1. The number of nitrogens with one attached hydrogen (secondary N) is 1. The molecule has 0 spiro atoms. The van der Waals surface area contributed by atoms with Crippen molar-refractivity contribution in [2.45, 2.75) is 12.8 Å². The molecule has 2 rings (SSSR count). The molecule has 1 amide bonds. The molecular weight excluding hydrogens is 244 g/mol. The smallest absolute Gasteiger partial charge is 0.227 e. The molecular formula is C14H20N2O3. The molecule has 1 saturated heterocycles. The number of ether oxygens (including phenoxy) is 2.